The third-order valence-electron chi connectivity index (χ3n) is 2.39. The van der Waals surface area contributed by atoms with E-state index in [1.165, 1.54) is 37.4 Å². The Bertz CT molecular complexity index is 618. The van der Waals surface area contributed by atoms with Crippen LogP contribution in [0.5, 0.6) is 11.5 Å². The van der Waals surface area contributed by atoms with Crippen LogP contribution in [-0.4, -0.2) is 35.0 Å². The van der Waals surface area contributed by atoms with Crippen LogP contribution in [0.1, 0.15) is 13.8 Å². The van der Waals surface area contributed by atoms with Crippen molar-refractivity contribution in [3.05, 3.63) is 24.3 Å². The van der Waals surface area contributed by atoms with E-state index in [9.17, 15) is 9.59 Å². The first-order chi connectivity index (χ1) is 11.6. The van der Waals surface area contributed by atoms with Crippen LogP contribution in [0.2, 0.25) is 0 Å². The van der Waals surface area contributed by atoms with E-state index in [1.807, 2.05) is 12.1 Å². The van der Waals surface area contributed by atoms with Crippen molar-refractivity contribution in [3.8, 4) is 35.2 Å². The number of carbonyl (C=O) groups excluding carboxylic acids is 2. The van der Waals surface area contributed by atoms with Gasteiger partial charge in [0.25, 0.3) is 0 Å². The van der Waals surface area contributed by atoms with E-state index in [0.717, 1.165) is 0 Å². The van der Waals surface area contributed by atoms with Crippen LogP contribution in [0.4, 0.5) is 0 Å². The molecule has 0 heterocycles. The Morgan fingerprint density at radius 3 is 1.62 bits per heavy atom. The molecule has 24 heavy (non-hydrogen) atoms. The molecule has 0 atom stereocenters. The number of rotatable bonds is 6. The summed E-state index contributed by atoms with van der Waals surface area (Å²) in [6.07, 6.45) is 0. The van der Waals surface area contributed by atoms with Gasteiger partial charge in [-0.1, -0.05) is 59.3 Å². The molecule has 0 aromatic heterocycles. The predicted octanol–water partition coefficient (Wildman–Crippen LogP) is 3.01. The Morgan fingerprint density at radius 2 is 1.25 bits per heavy atom. The summed E-state index contributed by atoms with van der Waals surface area (Å²) >= 11 is 2.34. The molecule has 0 aliphatic heterocycles. The molecule has 0 radical (unpaired) electrons. The fourth-order valence-electron chi connectivity index (χ4n) is 1.40. The molecule has 0 N–H and O–H groups in total. The van der Waals surface area contributed by atoms with Gasteiger partial charge in [0.15, 0.2) is 21.7 Å². The summed E-state index contributed by atoms with van der Waals surface area (Å²) in [7, 11) is 0. The standard InChI is InChI=1S/C18H18O4S2/c1-15(19)23-13-7-5-11-21-17-9-3-4-10-18(17)22-12-6-8-14-24-16(2)20/h3-4,9-10H,11-14H2,1-2H3. The minimum Gasteiger partial charge on any atom is -0.477 e. The quantitative estimate of drug-likeness (QED) is 0.725. The Hall–Kier alpha value is -2.02. The second-order valence-corrected chi connectivity index (χ2v) is 6.60. The second kappa shape index (κ2) is 12.4. The zero-order valence-electron chi connectivity index (χ0n) is 13.6. The van der Waals surface area contributed by atoms with Crippen molar-refractivity contribution in [2.24, 2.45) is 0 Å². The highest BCUT2D eigenvalue weighted by Crippen LogP contribution is 2.26. The first-order valence-electron chi connectivity index (χ1n) is 7.12. The van der Waals surface area contributed by atoms with Crippen molar-refractivity contribution in [2.75, 3.05) is 24.7 Å². The van der Waals surface area contributed by atoms with Crippen LogP contribution in [-0.2, 0) is 9.59 Å². The van der Waals surface area contributed by atoms with Crippen molar-refractivity contribution >= 4 is 33.8 Å². The lowest BCUT2D eigenvalue weighted by molar-refractivity contribution is -0.109. The number of carbonyl (C=O) groups is 2. The smallest absolute Gasteiger partial charge is 0.186 e. The van der Waals surface area contributed by atoms with Crippen molar-refractivity contribution in [1.29, 1.82) is 0 Å². The predicted molar refractivity (Wildman–Crippen MR) is 99.3 cm³/mol. The van der Waals surface area contributed by atoms with E-state index < -0.39 is 0 Å². The number of benzene rings is 1. The van der Waals surface area contributed by atoms with E-state index >= 15 is 0 Å². The van der Waals surface area contributed by atoms with Crippen LogP contribution in [0.3, 0.4) is 0 Å². The van der Waals surface area contributed by atoms with Gasteiger partial charge in [-0.15, -0.1) is 0 Å². The average Bonchev–Trinajstić information content (AvgIpc) is 2.54. The van der Waals surface area contributed by atoms with Gasteiger partial charge in [0.05, 0.1) is 11.5 Å². The highest BCUT2D eigenvalue weighted by Gasteiger charge is 2.02. The van der Waals surface area contributed by atoms with Gasteiger partial charge in [0, 0.05) is 13.8 Å². The molecular weight excluding hydrogens is 344 g/mol. The molecule has 1 aromatic rings. The van der Waals surface area contributed by atoms with Gasteiger partial charge in [-0.05, 0) is 12.1 Å². The maximum Gasteiger partial charge on any atom is 0.186 e. The molecular formula is C18H18O4S2. The first kappa shape index (κ1) is 20.0. The molecule has 0 spiro atoms. The monoisotopic (exact) mass is 362 g/mol. The third-order valence-corrected chi connectivity index (χ3v) is 3.78. The molecule has 0 amide bonds. The van der Waals surface area contributed by atoms with E-state index in [1.54, 1.807) is 12.1 Å². The van der Waals surface area contributed by atoms with Crippen LogP contribution in [0, 0.1) is 23.7 Å². The summed E-state index contributed by atoms with van der Waals surface area (Å²) < 4.78 is 11.1. The average molecular weight is 362 g/mol. The summed E-state index contributed by atoms with van der Waals surface area (Å²) in [6, 6.07) is 7.27. The van der Waals surface area contributed by atoms with E-state index in [2.05, 4.69) is 23.7 Å². The van der Waals surface area contributed by atoms with Gasteiger partial charge in [-0.2, -0.15) is 0 Å². The number of thioether (sulfide) groups is 2. The molecule has 126 valence electrons. The van der Waals surface area contributed by atoms with E-state index in [-0.39, 0.29) is 23.4 Å². The summed E-state index contributed by atoms with van der Waals surface area (Å²) in [5.41, 5.74) is 0. The zero-order chi connectivity index (χ0) is 17.6. The molecule has 0 fully saturated rings. The Kier molecular flexibility index (Phi) is 10.4. The minimum atomic E-state index is 0.0479. The van der Waals surface area contributed by atoms with Crippen molar-refractivity contribution in [2.45, 2.75) is 13.8 Å². The number of ether oxygens (including phenoxy) is 2. The molecule has 0 aliphatic rings. The zero-order valence-corrected chi connectivity index (χ0v) is 15.2. The summed E-state index contributed by atoms with van der Waals surface area (Å²) in [5, 5.41) is 0.0959. The number of hydrogen-bond acceptors (Lipinski definition) is 6. The van der Waals surface area contributed by atoms with Crippen LogP contribution < -0.4 is 9.47 Å². The molecule has 1 rings (SSSR count). The molecule has 1 aromatic carbocycles. The lowest BCUT2D eigenvalue weighted by Gasteiger charge is -2.08. The number of hydrogen-bond donors (Lipinski definition) is 0. The molecule has 4 nitrogen and oxygen atoms in total. The Balaban J connectivity index is 2.41. The second-order valence-electron chi connectivity index (χ2n) is 4.29. The minimum absolute atomic E-state index is 0.0479. The van der Waals surface area contributed by atoms with Crippen molar-refractivity contribution < 1.29 is 19.1 Å². The van der Waals surface area contributed by atoms with Crippen molar-refractivity contribution in [1.82, 2.24) is 0 Å². The SMILES string of the molecule is CC(=O)SCC#CCOc1ccccc1OCC#CCSC(C)=O. The van der Waals surface area contributed by atoms with E-state index in [0.29, 0.717) is 23.0 Å². The van der Waals surface area contributed by atoms with Gasteiger partial charge in [0.2, 0.25) is 0 Å². The van der Waals surface area contributed by atoms with Crippen LogP contribution in [0.25, 0.3) is 0 Å². The van der Waals surface area contributed by atoms with Gasteiger partial charge < -0.3 is 9.47 Å². The van der Waals surface area contributed by atoms with Gasteiger partial charge in [0.1, 0.15) is 13.2 Å². The molecule has 0 aliphatic carbocycles. The van der Waals surface area contributed by atoms with Crippen LogP contribution >= 0.6 is 23.5 Å². The molecule has 0 bridgehead atoms. The maximum absolute atomic E-state index is 10.8. The molecule has 0 saturated heterocycles. The topological polar surface area (TPSA) is 52.6 Å². The fourth-order valence-corrected chi connectivity index (χ4v) is 2.15. The largest absolute Gasteiger partial charge is 0.477 e. The summed E-state index contributed by atoms with van der Waals surface area (Å²) in [5.74, 6) is 13.5. The van der Waals surface area contributed by atoms with Gasteiger partial charge in [-0.25, -0.2) is 0 Å². The highest BCUT2D eigenvalue weighted by atomic mass is 32.2. The molecule has 6 heteroatoms. The Labute approximate surface area is 151 Å². The highest BCUT2D eigenvalue weighted by molar-refractivity contribution is 8.14. The van der Waals surface area contributed by atoms with Gasteiger partial charge >= 0.3 is 0 Å². The third kappa shape index (κ3) is 9.89. The van der Waals surface area contributed by atoms with Crippen LogP contribution in [0.15, 0.2) is 24.3 Å². The molecule has 0 unspecified atom stereocenters. The lowest BCUT2D eigenvalue weighted by atomic mass is 10.3. The fraction of sp³-hybridized carbons (Fsp3) is 0.333. The summed E-state index contributed by atoms with van der Waals surface area (Å²) in [4.78, 5) is 21.5. The first-order valence-corrected chi connectivity index (χ1v) is 9.09. The van der Waals surface area contributed by atoms with E-state index in [4.69, 9.17) is 9.47 Å². The molecule has 0 saturated carbocycles. The normalized spacial score (nSPS) is 9.08. The van der Waals surface area contributed by atoms with Gasteiger partial charge in [-0.3, -0.25) is 9.59 Å². The summed E-state index contributed by atoms with van der Waals surface area (Å²) in [6.45, 7) is 3.47. The number of para-hydroxylation sites is 2. The lowest BCUT2D eigenvalue weighted by Crippen LogP contribution is -2.00. The Morgan fingerprint density at radius 1 is 0.833 bits per heavy atom. The maximum atomic E-state index is 10.8. The van der Waals surface area contributed by atoms with Crippen molar-refractivity contribution in [3.63, 3.8) is 0 Å².